The molecule has 0 heterocycles. The quantitative estimate of drug-likeness (QED) is 0.408. The van der Waals surface area contributed by atoms with E-state index in [1.54, 1.807) is 43.5 Å². The largest absolute Gasteiger partial charge is 0.497 e. The van der Waals surface area contributed by atoms with E-state index < -0.39 is 10.0 Å². The molecule has 0 aromatic heterocycles. The molecule has 0 spiro atoms. The highest BCUT2D eigenvalue weighted by Gasteiger charge is 2.14. The molecule has 31 heavy (non-hydrogen) atoms. The number of anilines is 2. The first-order valence-electron chi connectivity index (χ1n) is 9.25. The number of ether oxygens (including phenoxy) is 1. The Hall–Kier alpha value is -2.49. The van der Waals surface area contributed by atoms with E-state index in [4.69, 9.17) is 4.74 Å². The highest BCUT2D eigenvalue weighted by Crippen LogP contribution is 2.22. The number of sulfonamides is 1. The predicted octanol–water partition coefficient (Wildman–Crippen LogP) is 5.13. The maximum Gasteiger partial charge on any atom is 0.261 e. The Morgan fingerprint density at radius 2 is 1.61 bits per heavy atom. The Morgan fingerprint density at radius 1 is 0.968 bits per heavy atom. The summed E-state index contributed by atoms with van der Waals surface area (Å²) in [5, 5.41) is 2.78. The molecule has 0 saturated heterocycles. The Morgan fingerprint density at radius 3 is 2.26 bits per heavy atom. The molecule has 0 aliphatic heterocycles. The minimum atomic E-state index is -3.74. The summed E-state index contributed by atoms with van der Waals surface area (Å²) < 4.78 is 33.7. The van der Waals surface area contributed by atoms with Crippen molar-refractivity contribution in [2.24, 2.45) is 0 Å². The van der Waals surface area contributed by atoms with Gasteiger partial charge in [-0.15, -0.1) is 11.8 Å². The molecule has 0 saturated carbocycles. The van der Waals surface area contributed by atoms with E-state index >= 15 is 0 Å². The van der Waals surface area contributed by atoms with Gasteiger partial charge in [0.25, 0.3) is 10.0 Å². The number of thioether (sulfide) groups is 1. The third-order valence-electron chi connectivity index (χ3n) is 4.24. The van der Waals surface area contributed by atoms with Crippen molar-refractivity contribution in [1.82, 2.24) is 0 Å². The van der Waals surface area contributed by atoms with Crippen LogP contribution in [0.1, 0.15) is 5.56 Å². The van der Waals surface area contributed by atoms with Crippen molar-refractivity contribution in [1.29, 1.82) is 0 Å². The fraction of sp³-hybridized carbons (Fsp3) is 0.136. The van der Waals surface area contributed by atoms with Gasteiger partial charge in [0.15, 0.2) is 0 Å². The number of hydrogen-bond donors (Lipinski definition) is 2. The van der Waals surface area contributed by atoms with E-state index in [-0.39, 0.29) is 10.8 Å². The van der Waals surface area contributed by atoms with Gasteiger partial charge < -0.3 is 10.1 Å². The summed E-state index contributed by atoms with van der Waals surface area (Å²) >= 11 is 5.00. The van der Waals surface area contributed by atoms with Crippen LogP contribution < -0.4 is 14.8 Å². The molecule has 6 nitrogen and oxygen atoms in total. The zero-order valence-corrected chi connectivity index (χ0v) is 19.9. The Bertz CT molecular complexity index is 1130. The SMILES string of the molecule is COc1ccc(NS(=O)(=O)c2ccc(NC(=O)CSCc3ccccc3Br)cc2)cc1. The van der Waals surface area contributed by atoms with Crippen molar-refractivity contribution < 1.29 is 17.9 Å². The van der Waals surface area contributed by atoms with Gasteiger partial charge in [0.1, 0.15) is 5.75 Å². The second-order valence-corrected chi connectivity index (χ2v) is 10.0. The maximum atomic E-state index is 12.6. The highest BCUT2D eigenvalue weighted by atomic mass is 79.9. The molecule has 0 bridgehead atoms. The zero-order chi connectivity index (χ0) is 22.3. The third kappa shape index (κ3) is 6.75. The van der Waals surface area contributed by atoms with Gasteiger partial charge >= 0.3 is 0 Å². The number of carbonyl (C=O) groups excluding carboxylic acids is 1. The number of methoxy groups -OCH3 is 1. The van der Waals surface area contributed by atoms with E-state index in [2.05, 4.69) is 26.0 Å². The lowest BCUT2D eigenvalue weighted by atomic mass is 10.2. The number of hydrogen-bond acceptors (Lipinski definition) is 5. The zero-order valence-electron chi connectivity index (χ0n) is 16.7. The number of halogens is 1. The Balaban J connectivity index is 1.53. The molecular weight excluding hydrogens is 500 g/mol. The normalized spacial score (nSPS) is 11.0. The van der Waals surface area contributed by atoms with Crippen LogP contribution in [0.25, 0.3) is 0 Å². The monoisotopic (exact) mass is 520 g/mol. The van der Waals surface area contributed by atoms with E-state index in [1.807, 2.05) is 24.3 Å². The van der Waals surface area contributed by atoms with Crippen LogP contribution in [-0.4, -0.2) is 27.2 Å². The molecule has 0 radical (unpaired) electrons. The number of carbonyl (C=O) groups is 1. The van der Waals surface area contributed by atoms with Gasteiger partial charge in [-0.2, -0.15) is 0 Å². The summed E-state index contributed by atoms with van der Waals surface area (Å²) in [6.07, 6.45) is 0. The van der Waals surface area contributed by atoms with Gasteiger partial charge in [-0.3, -0.25) is 9.52 Å². The first-order chi connectivity index (χ1) is 14.9. The first-order valence-corrected chi connectivity index (χ1v) is 12.7. The van der Waals surface area contributed by atoms with Gasteiger partial charge in [0.05, 0.1) is 17.8 Å². The summed E-state index contributed by atoms with van der Waals surface area (Å²) in [5.41, 5.74) is 2.09. The molecule has 0 aliphatic rings. The molecule has 3 rings (SSSR count). The average molecular weight is 521 g/mol. The van der Waals surface area contributed by atoms with Gasteiger partial charge in [-0.25, -0.2) is 8.42 Å². The standard InChI is InChI=1S/C22H21BrN2O4S2/c1-29-19-10-6-18(7-11-19)25-31(27,28)20-12-8-17(9-13-20)24-22(26)15-30-14-16-4-2-3-5-21(16)23/h2-13,25H,14-15H2,1H3,(H,24,26). The smallest absolute Gasteiger partial charge is 0.261 e. The molecule has 2 N–H and O–H groups in total. The predicted molar refractivity (Wildman–Crippen MR) is 129 cm³/mol. The second-order valence-electron chi connectivity index (χ2n) is 6.49. The van der Waals surface area contributed by atoms with E-state index in [9.17, 15) is 13.2 Å². The van der Waals surface area contributed by atoms with Gasteiger partial charge in [0.2, 0.25) is 5.91 Å². The minimum absolute atomic E-state index is 0.101. The van der Waals surface area contributed by atoms with Crippen molar-refractivity contribution in [3.63, 3.8) is 0 Å². The lowest BCUT2D eigenvalue weighted by Gasteiger charge is -2.10. The lowest BCUT2D eigenvalue weighted by Crippen LogP contribution is -2.15. The molecule has 0 unspecified atom stereocenters. The van der Waals surface area contributed by atoms with Crippen LogP contribution >= 0.6 is 27.7 Å². The molecule has 0 atom stereocenters. The van der Waals surface area contributed by atoms with Crippen LogP contribution in [0.5, 0.6) is 5.75 Å². The molecular formula is C22H21BrN2O4S2. The topological polar surface area (TPSA) is 84.5 Å². The molecule has 0 fully saturated rings. The third-order valence-corrected chi connectivity index (χ3v) is 7.39. The van der Waals surface area contributed by atoms with Crippen LogP contribution in [0.15, 0.2) is 82.2 Å². The van der Waals surface area contributed by atoms with Crippen molar-refractivity contribution in [2.75, 3.05) is 22.9 Å². The Kier molecular flexibility index (Phi) is 8.00. The maximum absolute atomic E-state index is 12.6. The second kappa shape index (κ2) is 10.7. The van der Waals surface area contributed by atoms with Crippen molar-refractivity contribution >= 4 is 55.0 Å². The van der Waals surface area contributed by atoms with E-state index in [0.29, 0.717) is 28.6 Å². The lowest BCUT2D eigenvalue weighted by molar-refractivity contribution is -0.113. The van der Waals surface area contributed by atoms with Crippen LogP contribution in [0, 0.1) is 0 Å². The fourth-order valence-electron chi connectivity index (χ4n) is 2.66. The molecule has 9 heteroatoms. The Labute approximate surface area is 194 Å². The highest BCUT2D eigenvalue weighted by molar-refractivity contribution is 9.10. The summed E-state index contributed by atoms with van der Waals surface area (Å²) in [6.45, 7) is 0. The summed E-state index contributed by atoms with van der Waals surface area (Å²) in [4.78, 5) is 12.3. The molecule has 3 aromatic rings. The van der Waals surface area contributed by atoms with E-state index in [1.165, 1.54) is 23.9 Å². The number of benzene rings is 3. The van der Waals surface area contributed by atoms with Gasteiger partial charge in [-0.05, 0) is 60.2 Å². The molecule has 162 valence electrons. The van der Waals surface area contributed by atoms with Crippen LogP contribution in [-0.2, 0) is 20.6 Å². The first kappa shape index (κ1) is 23.2. The van der Waals surface area contributed by atoms with Gasteiger partial charge in [0, 0.05) is 21.6 Å². The minimum Gasteiger partial charge on any atom is -0.497 e. The van der Waals surface area contributed by atoms with Crippen LogP contribution in [0.3, 0.4) is 0 Å². The van der Waals surface area contributed by atoms with Crippen molar-refractivity contribution in [2.45, 2.75) is 10.6 Å². The number of amides is 1. The number of rotatable bonds is 9. The number of nitrogens with one attached hydrogen (secondary N) is 2. The summed E-state index contributed by atoms with van der Waals surface area (Å²) in [7, 11) is -2.20. The van der Waals surface area contributed by atoms with Crippen molar-refractivity contribution in [3.05, 3.63) is 82.8 Å². The van der Waals surface area contributed by atoms with Gasteiger partial charge in [-0.1, -0.05) is 34.1 Å². The average Bonchev–Trinajstić information content (AvgIpc) is 2.76. The molecule has 3 aromatic carbocycles. The van der Waals surface area contributed by atoms with Crippen molar-refractivity contribution in [3.8, 4) is 5.75 Å². The fourth-order valence-corrected chi connectivity index (χ4v) is 5.16. The summed E-state index contributed by atoms with van der Waals surface area (Å²) in [6, 6.07) is 20.5. The van der Waals surface area contributed by atoms with Crippen LogP contribution in [0.2, 0.25) is 0 Å². The molecule has 1 amide bonds. The van der Waals surface area contributed by atoms with Crippen LogP contribution in [0.4, 0.5) is 11.4 Å². The van der Waals surface area contributed by atoms with E-state index in [0.717, 1.165) is 10.0 Å². The summed E-state index contributed by atoms with van der Waals surface area (Å²) in [5.74, 6) is 1.49. The molecule has 0 aliphatic carbocycles.